The molecule has 24 heavy (non-hydrogen) atoms. The molecule has 1 aromatic rings. The second-order valence-corrected chi connectivity index (χ2v) is 6.17. The molecule has 130 valence electrons. The van der Waals surface area contributed by atoms with Crippen molar-refractivity contribution < 1.29 is 24.2 Å². The molecule has 0 aromatic heterocycles. The lowest BCUT2D eigenvalue weighted by Crippen LogP contribution is -2.43. The summed E-state index contributed by atoms with van der Waals surface area (Å²) < 4.78 is 10.5. The maximum Gasteiger partial charge on any atom is 0.408 e. The number of carbonyl (C=O) groups excluding carboxylic acids is 1. The maximum atomic E-state index is 11.6. The van der Waals surface area contributed by atoms with Crippen molar-refractivity contribution in [1.29, 1.82) is 5.26 Å². The van der Waals surface area contributed by atoms with E-state index in [1.807, 2.05) is 6.07 Å². The first kappa shape index (κ1) is 19.3. The van der Waals surface area contributed by atoms with Crippen LogP contribution in [0.2, 0.25) is 0 Å². The molecule has 0 unspecified atom stereocenters. The number of benzene rings is 1. The van der Waals surface area contributed by atoms with Gasteiger partial charge in [-0.2, -0.15) is 5.26 Å². The number of nitrogens with zero attached hydrogens (tertiary/aromatic N) is 1. The Morgan fingerprint density at radius 3 is 2.67 bits per heavy atom. The van der Waals surface area contributed by atoms with Crippen LogP contribution in [0.3, 0.4) is 0 Å². The Kier molecular flexibility index (Phi) is 7.05. The number of rotatable bonds is 7. The third kappa shape index (κ3) is 7.49. The fourth-order valence-corrected chi connectivity index (χ4v) is 1.84. The molecule has 0 spiro atoms. The number of aliphatic carboxylic acids is 1. The number of carboxylic acids is 1. The summed E-state index contributed by atoms with van der Waals surface area (Å²) in [7, 11) is 0. The fraction of sp³-hybridized carbons (Fsp3) is 0.471. The smallest absolute Gasteiger partial charge is 0.408 e. The fourth-order valence-electron chi connectivity index (χ4n) is 1.84. The van der Waals surface area contributed by atoms with Gasteiger partial charge in [0.1, 0.15) is 17.4 Å². The maximum absolute atomic E-state index is 11.6. The van der Waals surface area contributed by atoms with Crippen molar-refractivity contribution in [2.75, 3.05) is 6.61 Å². The molecule has 0 heterocycles. The van der Waals surface area contributed by atoms with Crippen LogP contribution < -0.4 is 10.1 Å². The monoisotopic (exact) mass is 334 g/mol. The highest BCUT2D eigenvalue weighted by atomic mass is 16.6. The van der Waals surface area contributed by atoms with Crippen molar-refractivity contribution in [1.82, 2.24) is 5.32 Å². The van der Waals surface area contributed by atoms with Gasteiger partial charge in [0.15, 0.2) is 0 Å². The summed E-state index contributed by atoms with van der Waals surface area (Å²) in [4.78, 5) is 22.8. The number of carbonyl (C=O) groups is 2. The minimum atomic E-state index is -1.13. The third-order valence-electron chi connectivity index (χ3n) is 2.86. The van der Waals surface area contributed by atoms with E-state index in [1.165, 1.54) is 0 Å². The van der Waals surface area contributed by atoms with E-state index in [0.29, 0.717) is 17.7 Å². The Labute approximate surface area is 141 Å². The van der Waals surface area contributed by atoms with Crippen molar-refractivity contribution >= 4 is 12.1 Å². The van der Waals surface area contributed by atoms with Crippen LogP contribution in [0.1, 0.15) is 39.2 Å². The number of ether oxygens (including phenoxy) is 2. The highest BCUT2D eigenvalue weighted by Crippen LogP contribution is 2.13. The van der Waals surface area contributed by atoms with Gasteiger partial charge in [-0.3, -0.25) is 0 Å². The highest BCUT2D eigenvalue weighted by Gasteiger charge is 2.23. The Morgan fingerprint density at radius 1 is 1.38 bits per heavy atom. The standard InChI is InChI=1S/C17H22N2O5/c1-17(2,3)24-16(22)19-14(15(20)21)8-5-9-23-13-7-4-6-12(10-13)11-18/h4,6-7,10,14H,5,8-9H2,1-3H3,(H,19,22)(H,20,21)/t14-/m1/s1. The third-order valence-corrected chi connectivity index (χ3v) is 2.86. The molecule has 0 radical (unpaired) electrons. The van der Waals surface area contributed by atoms with E-state index in [1.54, 1.807) is 45.0 Å². The summed E-state index contributed by atoms with van der Waals surface area (Å²) in [5.74, 6) is -0.589. The Bertz CT molecular complexity index is 616. The van der Waals surface area contributed by atoms with Crippen molar-refractivity contribution in [2.45, 2.75) is 45.3 Å². The minimum Gasteiger partial charge on any atom is -0.494 e. The SMILES string of the molecule is CC(C)(C)OC(=O)N[C@H](CCCOc1cccc(C#N)c1)C(=O)O. The lowest BCUT2D eigenvalue weighted by atomic mass is 10.1. The van der Waals surface area contributed by atoms with Gasteiger partial charge in [-0.25, -0.2) is 9.59 Å². The van der Waals surface area contributed by atoms with Crippen LogP contribution in [0.15, 0.2) is 24.3 Å². The normalized spacial score (nSPS) is 11.9. The molecule has 0 aliphatic rings. The lowest BCUT2D eigenvalue weighted by Gasteiger charge is -2.22. The molecule has 0 bridgehead atoms. The molecule has 0 aliphatic heterocycles. The topological polar surface area (TPSA) is 109 Å². The van der Waals surface area contributed by atoms with Gasteiger partial charge in [-0.15, -0.1) is 0 Å². The molecule has 0 saturated heterocycles. The summed E-state index contributed by atoms with van der Waals surface area (Å²) >= 11 is 0. The van der Waals surface area contributed by atoms with E-state index in [2.05, 4.69) is 5.32 Å². The van der Waals surface area contributed by atoms with Gasteiger partial charge >= 0.3 is 12.1 Å². The van der Waals surface area contributed by atoms with Crippen LogP contribution in [-0.2, 0) is 9.53 Å². The molecule has 1 rings (SSSR count). The first-order valence-corrected chi connectivity index (χ1v) is 7.56. The molecule has 1 atom stereocenters. The molecule has 1 aromatic carbocycles. The minimum absolute atomic E-state index is 0.201. The van der Waals surface area contributed by atoms with Crippen molar-refractivity contribution in [2.24, 2.45) is 0 Å². The van der Waals surface area contributed by atoms with Crippen LogP contribution in [-0.4, -0.2) is 35.4 Å². The summed E-state index contributed by atoms with van der Waals surface area (Å²) in [5, 5.41) is 20.3. The summed E-state index contributed by atoms with van der Waals surface area (Å²) in [6.45, 7) is 5.37. The second-order valence-electron chi connectivity index (χ2n) is 6.17. The Balaban J connectivity index is 2.42. The van der Waals surface area contributed by atoms with Crippen molar-refractivity contribution in [3.8, 4) is 11.8 Å². The molecule has 0 fully saturated rings. The zero-order chi connectivity index (χ0) is 18.2. The van der Waals surface area contributed by atoms with Crippen LogP contribution in [0.4, 0.5) is 4.79 Å². The largest absolute Gasteiger partial charge is 0.494 e. The van der Waals surface area contributed by atoms with Crippen LogP contribution in [0.25, 0.3) is 0 Å². The molecule has 1 amide bonds. The number of alkyl carbamates (subject to hydrolysis) is 1. The zero-order valence-electron chi connectivity index (χ0n) is 14.0. The number of amides is 1. The predicted molar refractivity (Wildman–Crippen MR) is 86.7 cm³/mol. The predicted octanol–water partition coefficient (Wildman–Crippen LogP) is 2.70. The van der Waals surface area contributed by atoms with E-state index >= 15 is 0 Å². The van der Waals surface area contributed by atoms with E-state index in [9.17, 15) is 9.59 Å². The molecule has 7 nitrogen and oxygen atoms in total. The van der Waals surface area contributed by atoms with Gasteiger partial charge in [0, 0.05) is 0 Å². The molecular weight excluding hydrogens is 312 g/mol. The van der Waals surface area contributed by atoms with Gasteiger partial charge in [-0.05, 0) is 51.8 Å². The first-order valence-electron chi connectivity index (χ1n) is 7.56. The lowest BCUT2D eigenvalue weighted by molar-refractivity contribution is -0.139. The quantitative estimate of drug-likeness (QED) is 0.742. The Morgan fingerprint density at radius 2 is 2.08 bits per heavy atom. The number of carboxylic acid groups (broad SMARTS) is 1. The molecular formula is C17H22N2O5. The van der Waals surface area contributed by atoms with Crippen molar-refractivity contribution in [3.63, 3.8) is 0 Å². The zero-order valence-corrected chi connectivity index (χ0v) is 14.0. The summed E-state index contributed by atoms with van der Waals surface area (Å²) in [6.07, 6.45) is -0.145. The Hall–Kier alpha value is -2.75. The van der Waals surface area contributed by atoms with Gasteiger partial charge in [0.25, 0.3) is 0 Å². The number of nitriles is 1. The van der Waals surface area contributed by atoms with Crippen molar-refractivity contribution in [3.05, 3.63) is 29.8 Å². The average molecular weight is 334 g/mol. The molecule has 0 saturated carbocycles. The van der Waals surface area contributed by atoms with E-state index in [-0.39, 0.29) is 13.0 Å². The van der Waals surface area contributed by atoms with E-state index in [0.717, 1.165) is 0 Å². The van der Waals surface area contributed by atoms with Crippen LogP contribution in [0.5, 0.6) is 5.75 Å². The molecule has 0 aliphatic carbocycles. The first-order chi connectivity index (χ1) is 11.2. The van der Waals surface area contributed by atoms with E-state index < -0.39 is 23.7 Å². The van der Waals surface area contributed by atoms with E-state index in [4.69, 9.17) is 19.8 Å². The number of hydrogen-bond acceptors (Lipinski definition) is 5. The summed E-state index contributed by atoms with van der Waals surface area (Å²) in [6, 6.07) is 7.66. The highest BCUT2D eigenvalue weighted by molar-refractivity contribution is 5.79. The van der Waals surface area contributed by atoms with Gasteiger partial charge in [0.05, 0.1) is 18.2 Å². The van der Waals surface area contributed by atoms with Crippen LogP contribution in [0, 0.1) is 11.3 Å². The van der Waals surface area contributed by atoms with Gasteiger partial charge in [0.2, 0.25) is 0 Å². The second kappa shape index (κ2) is 8.77. The molecule has 2 N–H and O–H groups in total. The average Bonchev–Trinajstić information content (AvgIpc) is 2.48. The van der Waals surface area contributed by atoms with Gasteiger partial charge < -0.3 is 19.9 Å². The number of nitrogens with one attached hydrogen (secondary N) is 1. The number of hydrogen-bond donors (Lipinski definition) is 2. The van der Waals surface area contributed by atoms with Gasteiger partial charge in [-0.1, -0.05) is 6.07 Å². The van der Waals surface area contributed by atoms with Crippen LogP contribution >= 0.6 is 0 Å². The summed E-state index contributed by atoms with van der Waals surface area (Å²) in [5.41, 5.74) is -0.204. The molecule has 7 heteroatoms.